The molecule has 1 aromatic rings. The molecule has 1 saturated carbocycles. The first-order valence-corrected chi connectivity index (χ1v) is 10.9. The molecule has 1 aliphatic heterocycles. The first-order valence-electron chi connectivity index (χ1n) is 9.99. The largest absolute Gasteiger partial charge is 0.379 e. The molecule has 1 aliphatic carbocycles. The number of nitrogens with zero attached hydrogens (tertiary/aromatic N) is 3. The molecule has 0 amide bonds. The lowest BCUT2D eigenvalue weighted by atomic mass is 9.98. The van der Waals surface area contributed by atoms with Crippen molar-refractivity contribution in [3.8, 4) is 0 Å². The fourth-order valence-electron chi connectivity index (χ4n) is 3.55. The quantitative estimate of drug-likeness (QED) is 0.241. The summed E-state index contributed by atoms with van der Waals surface area (Å²) >= 11 is 1.86. The second kappa shape index (κ2) is 12.2. The van der Waals surface area contributed by atoms with Crippen LogP contribution in [0.3, 0.4) is 0 Å². The van der Waals surface area contributed by atoms with Crippen LogP contribution in [-0.2, 0) is 11.3 Å². The Balaban J connectivity index is 0.00000261. The number of ether oxygens (including phenoxy) is 1. The van der Waals surface area contributed by atoms with Gasteiger partial charge in [0, 0.05) is 51.8 Å². The molecule has 7 heteroatoms. The number of guanidine groups is 1. The minimum absolute atomic E-state index is 0. The molecule has 5 nitrogen and oxygen atoms in total. The number of aliphatic imine (C=N–C) groups is 1. The van der Waals surface area contributed by atoms with Crippen LogP contribution in [0.25, 0.3) is 0 Å². The van der Waals surface area contributed by atoms with Gasteiger partial charge in [-0.3, -0.25) is 9.89 Å². The van der Waals surface area contributed by atoms with Gasteiger partial charge in [-0.25, -0.2) is 0 Å². The predicted molar refractivity (Wildman–Crippen MR) is 125 cm³/mol. The molecule has 154 valence electrons. The molecule has 2 aliphatic rings. The van der Waals surface area contributed by atoms with E-state index in [2.05, 4.69) is 44.7 Å². The number of halogens is 1. The Morgan fingerprint density at radius 3 is 2.93 bits per heavy atom. The lowest BCUT2D eigenvalue weighted by molar-refractivity contribution is 0.115. The van der Waals surface area contributed by atoms with Crippen LogP contribution in [0.1, 0.15) is 30.6 Å². The third-order valence-corrected chi connectivity index (χ3v) is 6.17. The van der Waals surface area contributed by atoms with Crippen molar-refractivity contribution in [2.24, 2.45) is 16.8 Å². The summed E-state index contributed by atoms with van der Waals surface area (Å²) in [6.07, 6.45) is 5.30. The summed E-state index contributed by atoms with van der Waals surface area (Å²) in [6.45, 7) is 7.11. The minimum atomic E-state index is 0. The van der Waals surface area contributed by atoms with Gasteiger partial charge in [-0.2, -0.15) is 0 Å². The van der Waals surface area contributed by atoms with E-state index in [9.17, 15) is 0 Å². The Morgan fingerprint density at radius 1 is 1.37 bits per heavy atom. The Morgan fingerprint density at radius 2 is 2.22 bits per heavy atom. The third kappa shape index (κ3) is 8.25. The highest BCUT2D eigenvalue weighted by Gasteiger charge is 2.22. The van der Waals surface area contributed by atoms with Crippen LogP contribution >= 0.6 is 35.3 Å². The van der Waals surface area contributed by atoms with Crippen LogP contribution < -0.4 is 5.32 Å². The molecule has 3 rings (SSSR count). The summed E-state index contributed by atoms with van der Waals surface area (Å²) in [5.41, 5.74) is 0. The topological polar surface area (TPSA) is 40.1 Å². The van der Waals surface area contributed by atoms with E-state index >= 15 is 0 Å². The number of likely N-dealkylation sites (N-methyl/N-ethyl adjacent to an activating group) is 1. The van der Waals surface area contributed by atoms with Gasteiger partial charge in [0.15, 0.2) is 5.96 Å². The standard InChI is InChI=1S/C20H34N4OS.HI/c1-21-20(23(2)10-11-25-16-17-7-8-17)22-13-18-5-3-9-24(14-18)15-19-6-4-12-26-19;/h4,6,12,17-18H,3,5,7-11,13-16H2,1-2H3,(H,21,22);1H. The lowest BCUT2D eigenvalue weighted by Crippen LogP contribution is -2.45. The molecular formula is C20H35IN4OS. The van der Waals surface area contributed by atoms with Crippen LogP contribution in [0.5, 0.6) is 0 Å². The summed E-state index contributed by atoms with van der Waals surface area (Å²) < 4.78 is 5.75. The van der Waals surface area contributed by atoms with Gasteiger partial charge in [-0.15, -0.1) is 35.3 Å². The van der Waals surface area contributed by atoms with E-state index in [1.54, 1.807) is 0 Å². The second-order valence-corrected chi connectivity index (χ2v) is 8.72. The average molecular weight is 506 g/mol. The number of nitrogens with one attached hydrogen (secondary N) is 1. The van der Waals surface area contributed by atoms with Gasteiger partial charge < -0.3 is 15.0 Å². The van der Waals surface area contributed by atoms with E-state index in [-0.39, 0.29) is 24.0 Å². The number of hydrogen-bond acceptors (Lipinski definition) is 4. The Kier molecular flexibility index (Phi) is 10.4. The molecule has 1 aromatic heterocycles. The van der Waals surface area contributed by atoms with Gasteiger partial charge in [-0.1, -0.05) is 6.07 Å². The fourth-order valence-corrected chi connectivity index (χ4v) is 4.29. The molecule has 1 unspecified atom stereocenters. The van der Waals surface area contributed by atoms with Gasteiger partial charge in [0.1, 0.15) is 0 Å². The molecule has 2 fully saturated rings. The molecule has 0 radical (unpaired) electrons. The fraction of sp³-hybridized carbons (Fsp3) is 0.750. The summed E-state index contributed by atoms with van der Waals surface area (Å²) in [6, 6.07) is 4.39. The van der Waals surface area contributed by atoms with Crippen LogP contribution in [0.15, 0.2) is 22.5 Å². The van der Waals surface area contributed by atoms with E-state index in [4.69, 9.17) is 4.74 Å². The summed E-state index contributed by atoms with van der Waals surface area (Å²) in [5, 5.41) is 5.75. The van der Waals surface area contributed by atoms with E-state index < -0.39 is 0 Å². The van der Waals surface area contributed by atoms with Gasteiger partial charge in [0.05, 0.1) is 6.61 Å². The van der Waals surface area contributed by atoms with Gasteiger partial charge in [-0.05, 0) is 55.5 Å². The predicted octanol–water partition coefficient (Wildman–Crippen LogP) is 3.51. The highest BCUT2D eigenvalue weighted by atomic mass is 127. The molecule has 1 saturated heterocycles. The molecule has 0 aromatic carbocycles. The number of likely N-dealkylation sites (tertiary alicyclic amines) is 1. The highest BCUT2D eigenvalue weighted by Crippen LogP contribution is 2.28. The summed E-state index contributed by atoms with van der Waals surface area (Å²) in [7, 11) is 3.97. The molecule has 0 bridgehead atoms. The summed E-state index contributed by atoms with van der Waals surface area (Å²) in [5.74, 6) is 2.51. The van der Waals surface area contributed by atoms with Crippen molar-refractivity contribution in [2.45, 2.75) is 32.2 Å². The first-order chi connectivity index (χ1) is 12.7. The minimum Gasteiger partial charge on any atom is -0.379 e. The molecule has 1 N–H and O–H groups in total. The average Bonchev–Trinajstić information content (AvgIpc) is 3.34. The SMILES string of the molecule is CN=C(NCC1CCCN(Cc2cccs2)C1)N(C)CCOCC1CC1.I. The third-order valence-electron chi connectivity index (χ3n) is 5.31. The van der Waals surface area contributed by atoms with E-state index in [1.165, 1.54) is 43.6 Å². The van der Waals surface area contributed by atoms with Gasteiger partial charge in [0.2, 0.25) is 0 Å². The number of piperidine rings is 1. The van der Waals surface area contributed by atoms with E-state index in [0.717, 1.165) is 44.7 Å². The van der Waals surface area contributed by atoms with E-state index in [1.807, 2.05) is 18.4 Å². The normalized spacial score (nSPS) is 21.0. The molecule has 27 heavy (non-hydrogen) atoms. The van der Waals surface area contributed by atoms with Gasteiger partial charge in [0.25, 0.3) is 0 Å². The maximum absolute atomic E-state index is 5.75. The van der Waals surface area contributed by atoms with Crippen LogP contribution in [-0.4, -0.2) is 69.2 Å². The molecule has 2 heterocycles. The van der Waals surface area contributed by atoms with E-state index in [0.29, 0.717) is 5.92 Å². The Hall–Kier alpha value is -0.380. The van der Waals surface area contributed by atoms with Crippen LogP contribution in [0, 0.1) is 11.8 Å². The van der Waals surface area contributed by atoms with Crippen molar-refractivity contribution >= 4 is 41.3 Å². The van der Waals surface area contributed by atoms with Crippen molar-refractivity contribution in [3.63, 3.8) is 0 Å². The number of hydrogen-bond donors (Lipinski definition) is 1. The smallest absolute Gasteiger partial charge is 0.193 e. The monoisotopic (exact) mass is 506 g/mol. The number of thiophene rings is 1. The van der Waals surface area contributed by atoms with Crippen molar-refractivity contribution in [1.29, 1.82) is 0 Å². The van der Waals surface area contributed by atoms with Crippen molar-refractivity contribution in [3.05, 3.63) is 22.4 Å². The summed E-state index contributed by atoms with van der Waals surface area (Å²) in [4.78, 5) is 10.7. The zero-order valence-corrected chi connectivity index (χ0v) is 19.9. The van der Waals surface area contributed by atoms with Crippen molar-refractivity contribution in [1.82, 2.24) is 15.1 Å². The first kappa shape index (κ1) is 22.9. The van der Waals surface area contributed by atoms with Crippen LogP contribution in [0.4, 0.5) is 0 Å². The zero-order valence-electron chi connectivity index (χ0n) is 16.7. The zero-order chi connectivity index (χ0) is 18.2. The highest BCUT2D eigenvalue weighted by molar-refractivity contribution is 14.0. The van der Waals surface area contributed by atoms with Crippen molar-refractivity contribution < 1.29 is 4.74 Å². The maximum atomic E-state index is 5.75. The molecule has 1 atom stereocenters. The Bertz CT molecular complexity index is 550. The van der Waals surface area contributed by atoms with Gasteiger partial charge >= 0.3 is 0 Å². The molecular weight excluding hydrogens is 471 g/mol. The lowest BCUT2D eigenvalue weighted by Gasteiger charge is -2.33. The van der Waals surface area contributed by atoms with Crippen molar-refractivity contribution in [2.75, 3.05) is 53.5 Å². The van der Waals surface area contributed by atoms with Crippen LogP contribution in [0.2, 0.25) is 0 Å². The maximum Gasteiger partial charge on any atom is 0.193 e. The number of rotatable bonds is 9. The second-order valence-electron chi connectivity index (χ2n) is 7.69. The Labute approximate surface area is 185 Å². The molecule has 0 spiro atoms.